The van der Waals surface area contributed by atoms with E-state index in [-0.39, 0.29) is 5.41 Å². The average molecular weight is 213 g/mol. The minimum atomic E-state index is 0.00913. The van der Waals surface area contributed by atoms with Crippen LogP contribution < -0.4 is 5.73 Å². The Morgan fingerprint density at radius 1 is 1.20 bits per heavy atom. The highest BCUT2D eigenvalue weighted by molar-refractivity contribution is 5.85. The smallest absolute Gasteiger partial charge is 0.0991 e. The highest BCUT2D eigenvalue weighted by Crippen LogP contribution is 2.12. The normalized spacial score (nSPS) is 13.6. The molecule has 0 aliphatic carbocycles. The molecular weight excluding hydrogens is 186 g/mol. The third-order valence-electron chi connectivity index (χ3n) is 2.58. The number of nitrogens with zero attached hydrogens (tertiary/aromatic N) is 2. The summed E-state index contributed by atoms with van der Waals surface area (Å²) in [6.45, 7) is 14.9. The molecule has 0 atom stereocenters. The van der Waals surface area contributed by atoms with Crippen LogP contribution in [0.4, 0.5) is 0 Å². The third kappa shape index (κ3) is 6.50. The summed E-state index contributed by atoms with van der Waals surface area (Å²) in [5, 5.41) is 0. The largest absolute Gasteiger partial charge is 0.387 e. The number of hydrogen-bond acceptors (Lipinski definition) is 2. The number of rotatable bonds is 6. The molecule has 0 aromatic heterocycles. The van der Waals surface area contributed by atoms with E-state index in [1.807, 2.05) is 0 Å². The molecule has 0 fully saturated rings. The Morgan fingerprint density at radius 3 is 2.13 bits per heavy atom. The molecule has 3 heteroatoms. The molecule has 0 aromatic rings. The van der Waals surface area contributed by atoms with E-state index in [2.05, 4.69) is 44.5 Å². The van der Waals surface area contributed by atoms with E-state index < -0.39 is 0 Å². The van der Waals surface area contributed by atoms with Gasteiger partial charge in [0.1, 0.15) is 0 Å². The van der Waals surface area contributed by atoms with Gasteiger partial charge in [-0.05, 0) is 26.1 Å². The lowest BCUT2D eigenvalue weighted by Crippen LogP contribution is -2.29. The van der Waals surface area contributed by atoms with Crippen LogP contribution in [0.1, 0.15) is 41.0 Å². The van der Waals surface area contributed by atoms with Gasteiger partial charge in [0.2, 0.25) is 0 Å². The van der Waals surface area contributed by atoms with Crippen LogP contribution in [0.15, 0.2) is 4.99 Å². The number of amidine groups is 1. The van der Waals surface area contributed by atoms with Crippen molar-refractivity contribution in [3.05, 3.63) is 0 Å². The molecule has 3 nitrogen and oxygen atoms in total. The summed E-state index contributed by atoms with van der Waals surface area (Å²) < 4.78 is 0. The second-order valence-corrected chi connectivity index (χ2v) is 4.90. The van der Waals surface area contributed by atoms with E-state index in [0.29, 0.717) is 0 Å². The van der Waals surface area contributed by atoms with Crippen LogP contribution in [0.2, 0.25) is 0 Å². The zero-order valence-electron chi connectivity index (χ0n) is 11.0. The highest BCUT2D eigenvalue weighted by atomic mass is 15.1. The predicted octanol–water partition coefficient (Wildman–Crippen LogP) is 2.12. The lowest BCUT2D eigenvalue weighted by molar-refractivity contribution is 0.302. The zero-order valence-corrected chi connectivity index (χ0v) is 11.0. The summed E-state index contributed by atoms with van der Waals surface area (Å²) in [5.41, 5.74) is 5.88. The molecule has 0 bridgehead atoms. The number of nitrogens with two attached hydrogens (primary N) is 1. The summed E-state index contributed by atoms with van der Waals surface area (Å²) in [6, 6.07) is 0. The lowest BCUT2D eigenvalue weighted by Gasteiger charge is -2.19. The van der Waals surface area contributed by atoms with Crippen molar-refractivity contribution in [2.75, 3.05) is 26.2 Å². The van der Waals surface area contributed by atoms with Crippen molar-refractivity contribution < 1.29 is 0 Å². The summed E-state index contributed by atoms with van der Waals surface area (Å²) in [5.74, 6) is 0.766. The van der Waals surface area contributed by atoms with Gasteiger partial charge in [0.15, 0.2) is 0 Å². The fraction of sp³-hybridized carbons (Fsp3) is 0.917. The molecule has 0 heterocycles. The van der Waals surface area contributed by atoms with Gasteiger partial charge in [-0.1, -0.05) is 34.6 Å². The van der Waals surface area contributed by atoms with Crippen LogP contribution in [-0.2, 0) is 0 Å². The second kappa shape index (κ2) is 6.83. The van der Waals surface area contributed by atoms with Crippen molar-refractivity contribution >= 4 is 5.84 Å². The Kier molecular flexibility index (Phi) is 6.57. The highest BCUT2D eigenvalue weighted by Gasteiger charge is 2.14. The van der Waals surface area contributed by atoms with Crippen molar-refractivity contribution in [1.29, 1.82) is 0 Å². The lowest BCUT2D eigenvalue weighted by atomic mass is 9.95. The first kappa shape index (κ1) is 14.4. The topological polar surface area (TPSA) is 41.6 Å². The van der Waals surface area contributed by atoms with Crippen molar-refractivity contribution in [2.45, 2.75) is 41.0 Å². The first-order valence-corrected chi connectivity index (χ1v) is 5.94. The van der Waals surface area contributed by atoms with Gasteiger partial charge in [-0.15, -0.1) is 0 Å². The van der Waals surface area contributed by atoms with Crippen molar-refractivity contribution in [1.82, 2.24) is 4.90 Å². The molecule has 0 amide bonds. The van der Waals surface area contributed by atoms with Crippen LogP contribution in [0.25, 0.3) is 0 Å². The van der Waals surface area contributed by atoms with Gasteiger partial charge in [-0.25, -0.2) is 0 Å². The maximum Gasteiger partial charge on any atom is 0.0991 e. The van der Waals surface area contributed by atoms with Crippen LogP contribution in [0.3, 0.4) is 0 Å². The number of hydrogen-bond donors (Lipinski definition) is 1. The molecule has 0 radical (unpaired) electrons. The fourth-order valence-corrected chi connectivity index (χ4v) is 1.27. The average Bonchev–Trinajstić information content (AvgIpc) is 2.16. The molecule has 2 N–H and O–H groups in total. The van der Waals surface area contributed by atoms with Gasteiger partial charge in [0.05, 0.1) is 5.84 Å². The zero-order chi connectivity index (χ0) is 11.9. The standard InChI is InChI=1S/C12H27N3/c1-6-15(7-2)10-8-9-14-11(13)12(3,4)5/h6-10H2,1-5H3,(H2,13,14). The first-order chi connectivity index (χ1) is 6.91. The van der Waals surface area contributed by atoms with E-state index in [1.54, 1.807) is 0 Å². The molecule has 0 rings (SSSR count). The van der Waals surface area contributed by atoms with Gasteiger partial charge in [-0.2, -0.15) is 0 Å². The van der Waals surface area contributed by atoms with Crippen LogP contribution >= 0.6 is 0 Å². The maximum absolute atomic E-state index is 5.87. The van der Waals surface area contributed by atoms with Gasteiger partial charge in [0.25, 0.3) is 0 Å². The minimum absolute atomic E-state index is 0.00913. The number of aliphatic imine (C=N–C) groups is 1. The van der Waals surface area contributed by atoms with Crippen LogP contribution in [0, 0.1) is 5.41 Å². The summed E-state index contributed by atoms with van der Waals surface area (Å²) in [4.78, 5) is 6.81. The molecule has 0 aromatic carbocycles. The summed E-state index contributed by atoms with van der Waals surface area (Å²) in [7, 11) is 0. The van der Waals surface area contributed by atoms with Gasteiger partial charge >= 0.3 is 0 Å². The van der Waals surface area contributed by atoms with E-state index >= 15 is 0 Å². The van der Waals surface area contributed by atoms with E-state index in [0.717, 1.165) is 38.4 Å². The van der Waals surface area contributed by atoms with E-state index in [1.165, 1.54) is 0 Å². The Morgan fingerprint density at radius 2 is 1.73 bits per heavy atom. The monoisotopic (exact) mass is 213 g/mol. The third-order valence-corrected chi connectivity index (χ3v) is 2.58. The van der Waals surface area contributed by atoms with Crippen LogP contribution in [-0.4, -0.2) is 36.9 Å². The molecule has 0 unspecified atom stereocenters. The molecular formula is C12H27N3. The van der Waals surface area contributed by atoms with Crippen molar-refractivity contribution in [3.8, 4) is 0 Å². The Hall–Kier alpha value is -0.570. The van der Waals surface area contributed by atoms with Gasteiger partial charge < -0.3 is 10.6 Å². The fourth-order valence-electron chi connectivity index (χ4n) is 1.27. The Bertz CT molecular complexity index is 188. The summed E-state index contributed by atoms with van der Waals surface area (Å²) in [6.07, 6.45) is 1.10. The maximum atomic E-state index is 5.87. The molecule has 0 spiro atoms. The minimum Gasteiger partial charge on any atom is -0.387 e. The van der Waals surface area contributed by atoms with E-state index in [4.69, 9.17) is 5.73 Å². The molecule has 0 saturated carbocycles. The molecule has 15 heavy (non-hydrogen) atoms. The van der Waals surface area contributed by atoms with Gasteiger partial charge in [0, 0.05) is 12.0 Å². The Labute approximate surface area is 94.7 Å². The molecule has 0 aliphatic rings. The molecule has 90 valence electrons. The van der Waals surface area contributed by atoms with Gasteiger partial charge in [-0.3, -0.25) is 4.99 Å². The van der Waals surface area contributed by atoms with Crippen LogP contribution in [0.5, 0.6) is 0 Å². The Balaban J connectivity index is 3.79. The molecule has 0 saturated heterocycles. The SMILES string of the molecule is CCN(CC)CCCN=C(N)C(C)(C)C. The first-order valence-electron chi connectivity index (χ1n) is 5.94. The predicted molar refractivity (Wildman–Crippen MR) is 68.3 cm³/mol. The van der Waals surface area contributed by atoms with Crippen molar-refractivity contribution in [3.63, 3.8) is 0 Å². The molecule has 0 aliphatic heterocycles. The second-order valence-electron chi connectivity index (χ2n) is 4.90. The van der Waals surface area contributed by atoms with Crippen molar-refractivity contribution in [2.24, 2.45) is 16.1 Å². The van der Waals surface area contributed by atoms with E-state index in [9.17, 15) is 0 Å². The summed E-state index contributed by atoms with van der Waals surface area (Å²) >= 11 is 0. The quantitative estimate of drug-likeness (QED) is 0.417.